The molecule has 0 bridgehead atoms. The molecule has 5 nitrogen and oxygen atoms in total. The van der Waals surface area contributed by atoms with E-state index < -0.39 is 0 Å². The molecule has 0 spiro atoms. The van der Waals surface area contributed by atoms with Gasteiger partial charge in [0.05, 0.1) is 13.7 Å². The van der Waals surface area contributed by atoms with E-state index in [0.29, 0.717) is 19.3 Å². The van der Waals surface area contributed by atoms with Gasteiger partial charge in [0.15, 0.2) is 11.5 Å². The fourth-order valence-electron chi connectivity index (χ4n) is 3.87. The Kier molecular flexibility index (Phi) is 5.68. The summed E-state index contributed by atoms with van der Waals surface area (Å²) in [5, 5.41) is 0. The molecule has 1 fully saturated rings. The van der Waals surface area contributed by atoms with E-state index in [0.717, 1.165) is 49.1 Å². The lowest BCUT2D eigenvalue weighted by Crippen LogP contribution is -2.26. The van der Waals surface area contributed by atoms with Crippen LogP contribution in [0.3, 0.4) is 0 Å². The van der Waals surface area contributed by atoms with Crippen molar-refractivity contribution in [3.63, 3.8) is 0 Å². The first-order valence-electron chi connectivity index (χ1n) is 9.74. The van der Waals surface area contributed by atoms with Gasteiger partial charge in [-0.15, -0.1) is 0 Å². The highest BCUT2D eigenvalue weighted by molar-refractivity contribution is 5.44. The molecule has 2 aliphatic heterocycles. The Hall–Kier alpha value is -2.40. The molecule has 0 saturated carbocycles. The minimum Gasteiger partial charge on any atom is -0.497 e. The van der Waals surface area contributed by atoms with Crippen LogP contribution in [-0.4, -0.2) is 44.9 Å². The van der Waals surface area contributed by atoms with Crippen LogP contribution in [-0.2, 0) is 0 Å². The van der Waals surface area contributed by atoms with Crippen LogP contribution < -0.4 is 18.9 Å². The second-order valence-corrected chi connectivity index (χ2v) is 6.97. The van der Waals surface area contributed by atoms with Gasteiger partial charge in [-0.1, -0.05) is 6.07 Å². The molecule has 0 aliphatic carbocycles. The predicted molar refractivity (Wildman–Crippen MR) is 104 cm³/mol. The number of hydrogen-bond acceptors (Lipinski definition) is 5. The van der Waals surface area contributed by atoms with Crippen LogP contribution >= 0.6 is 0 Å². The smallest absolute Gasteiger partial charge is 0.161 e. The molecule has 2 heterocycles. The van der Waals surface area contributed by atoms with Gasteiger partial charge in [0.2, 0.25) is 0 Å². The van der Waals surface area contributed by atoms with Crippen molar-refractivity contribution in [2.45, 2.75) is 25.3 Å². The van der Waals surface area contributed by atoms with Crippen molar-refractivity contribution in [2.24, 2.45) is 0 Å². The number of rotatable bonds is 7. The number of likely N-dealkylation sites (tertiary alicyclic amines) is 1. The van der Waals surface area contributed by atoms with Crippen LogP contribution in [0.15, 0.2) is 42.5 Å². The average Bonchev–Trinajstić information content (AvgIpc) is 3.20. The minimum atomic E-state index is 0.460. The summed E-state index contributed by atoms with van der Waals surface area (Å²) >= 11 is 0. The molecule has 1 saturated heterocycles. The van der Waals surface area contributed by atoms with E-state index in [9.17, 15) is 0 Å². The number of ether oxygens (including phenoxy) is 4. The summed E-state index contributed by atoms with van der Waals surface area (Å²) in [6.45, 7) is 4.16. The van der Waals surface area contributed by atoms with Crippen molar-refractivity contribution < 1.29 is 18.9 Å². The summed E-state index contributed by atoms with van der Waals surface area (Å²) in [5.41, 5.74) is 1.33. The van der Waals surface area contributed by atoms with E-state index in [4.69, 9.17) is 18.9 Å². The van der Waals surface area contributed by atoms with Gasteiger partial charge in [-0.2, -0.15) is 0 Å². The number of benzene rings is 2. The Morgan fingerprint density at radius 1 is 1.00 bits per heavy atom. The van der Waals surface area contributed by atoms with Crippen LogP contribution in [0.5, 0.6) is 23.0 Å². The molecule has 1 unspecified atom stereocenters. The highest BCUT2D eigenvalue weighted by Gasteiger charge is 2.26. The van der Waals surface area contributed by atoms with Gasteiger partial charge in [-0.25, -0.2) is 0 Å². The first-order valence-corrected chi connectivity index (χ1v) is 9.74. The molecule has 0 aromatic heterocycles. The molecule has 0 amide bonds. The number of fused-ring (bicyclic) bond motifs is 1. The summed E-state index contributed by atoms with van der Waals surface area (Å²) in [4.78, 5) is 2.56. The van der Waals surface area contributed by atoms with Crippen molar-refractivity contribution in [1.82, 2.24) is 4.90 Å². The maximum Gasteiger partial charge on any atom is 0.161 e. The molecule has 144 valence electrons. The summed E-state index contributed by atoms with van der Waals surface area (Å²) in [7, 11) is 1.67. The van der Waals surface area contributed by atoms with Crippen molar-refractivity contribution in [1.29, 1.82) is 0 Å². The van der Waals surface area contributed by atoms with E-state index in [-0.39, 0.29) is 0 Å². The van der Waals surface area contributed by atoms with Crippen molar-refractivity contribution in [3.8, 4) is 23.0 Å². The molecule has 2 aromatic carbocycles. The van der Waals surface area contributed by atoms with Gasteiger partial charge in [-0.05, 0) is 67.8 Å². The molecule has 5 heteroatoms. The second-order valence-electron chi connectivity index (χ2n) is 6.97. The Bertz CT molecular complexity index is 746. The third-order valence-corrected chi connectivity index (χ3v) is 5.23. The molecule has 27 heavy (non-hydrogen) atoms. The van der Waals surface area contributed by atoms with Gasteiger partial charge in [0.25, 0.3) is 0 Å². The first-order chi connectivity index (χ1) is 13.3. The van der Waals surface area contributed by atoms with Gasteiger partial charge < -0.3 is 18.9 Å². The SMILES string of the molecule is COc1ccc(OCCCN2CCCC2c2ccc3c(c2)OCCO3)cc1. The normalized spacial score (nSPS) is 19.1. The molecule has 0 radical (unpaired) electrons. The van der Waals surface area contributed by atoms with E-state index in [1.165, 1.54) is 18.4 Å². The number of hydrogen-bond donors (Lipinski definition) is 0. The van der Waals surface area contributed by atoms with Crippen LogP contribution in [0.4, 0.5) is 0 Å². The Balaban J connectivity index is 1.29. The van der Waals surface area contributed by atoms with E-state index in [1.54, 1.807) is 7.11 Å². The summed E-state index contributed by atoms with van der Waals surface area (Å²) < 4.78 is 22.4. The fraction of sp³-hybridized carbons (Fsp3) is 0.455. The van der Waals surface area contributed by atoms with Crippen LogP contribution in [0.1, 0.15) is 30.9 Å². The zero-order valence-corrected chi connectivity index (χ0v) is 15.9. The molecular formula is C22H27NO4. The summed E-state index contributed by atoms with van der Waals surface area (Å²) in [5.74, 6) is 3.48. The van der Waals surface area contributed by atoms with E-state index >= 15 is 0 Å². The molecule has 2 aliphatic rings. The lowest BCUT2D eigenvalue weighted by molar-refractivity contribution is 0.170. The quantitative estimate of drug-likeness (QED) is 0.688. The number of methoxy groups -OCH3 is 1. The lowest BCUT2D eigenvalue weighted by Gasteiger charge is -2.26. The fourth-order valence-corrected chi connectivity index (χ4v) is 3.87. The second kappa shape index (κ2) is 8.53. The van der Waals surface area contributed by atoms with Crippen molar-refractivity contribution in [3.05, 3.63) is 48.0 Å². The highest BCUT2D eigenvalue weighted by atomic mass is 16.6. The van der Waals surface area contributed by atoms with E-state index in [1.807, 2.05) is 30.3 Å². The van der Waals surface area contributed by atoms with Gasteiger partial charge >= 0.3 is 0 Å². The summed E-state index contributed by atoms with van der Waals surface area (Å²) in [6.07, 6.45) is 3.44. The molecular weight excluding hydrogens is 342 g/mol. The van der Waals surface area contributed by atoms with Crippen molar-refractivity contribution >= 4 is 0 Å². The van der Waals surface area contributed by atoms with Gasteiger partial charge in [-0.3, -0.25) is 4.90 Å². The lowest BCUT2D eigenvalue weighted by atomic mass is 10.0. The monoisotopic (exact) mass is 369 g/mol. The highest BCUT2D eigenvalue weighted by Crippen LogP contribution is 2.38. The maximum absolute atomic E-state index is 5.86. The van der Waals surface area contributed by atoms with Crippen LogP contribution in [0.25, 0.3) is 0 Å². The Morgan fingerprint density at radius 3 is 2.59 bits per heavy atom. The molecule has 2 aromatic rings. The Morgan fingerprint density at radius 2 is 1.78 bits per heavy atom. The zero-order chi connectivity index (χ0) is 18.5. The van der Waals surface area contributed by atoms with Gasteiger partial charge in [0, 0.05) is 12.6 Å². The topological polar surface area (TPSA) is 40.2 Å². The van der Waals surface area contributed by atoms with Gasteiger partial charge in [0.1, 0.15) is 24.7 Å². The third kappa shape index (κ3) is 4.30. The minimum absolute atomic E-state index is 0.460. The molecule has 0 N–H and O–H groups in total. The standard InChI is InChI=1S/C22H27NO4/c1-24-18-6-8-19(9-7-18)25-13-3-12-23-11-2-4-20(23)17-5-10-21-22(16-17)27-15-14-26-21/h5-10,16,20H,2-4,11-15H2,1H3. The largest absolute Gasteiger partial charge is 0.497 e. The average molecular weight is 369 g/mol. The maximum atomic E-state index is 5.86. The van der Waals surface area contributed by atoms with Crippen molar-refractivity contribution in [2.75, 3.05) is 40.0 Å². The Labute approximate surface area is 160 Å². The molecule has 4 rings (SSSR count). The molecule has 1 atom stereocenters. The van der Waals surface area contributed by atoms with E-state index in [2.05, 4.69) is 17.0 Å². The number of nitrogens with zero attached hydrogens (tertiary/aromatic N) is 1. The van der Waals surface area contributed by atoms with Crippen LogP contribution in [0.2, 0.25) is 0 Å². The third-order valence-electron chi connectivity index (χ3n) is 5.23. The summed E-state index contributed by atoms with van der Waals surface area (Å²) in [6, 6.07) is 14.6. The first kappa shape index (κ1) is 18.0. The zero-order valence-electron chi connectivity index (χ0n) is 15.9. The van der Waals surface area contributed by atoms with Crippen LogP contribution in [0, 0.1) is 0 Å². The predicted octanol–water partition coefficient (Wildman–Crippen LogP) is 4.07.